The fourth-order valence-electron chi connectivity index (χ4n) is 2.22. The van der Waals surface area contributed by atoms with Gasteiger partial charge in [0.2, 0.25) is 0 Å². The van der Waals surface area contributed by atoms with E-state index in [1.54, 1.807) is 0 Å². The molecule has 0 N–H and O–H groups in total. The highest BCUT2D eigenvalue weighted by molar-refractivity contribution is 5.27. The van der Waals surface area contributed by atoms with Crippen molar-refractivity contribution >= 4 is 0 Å². The fraction of sp³-hybridized carbons (Fsp3) is 0.571. The van der Waals surface area contributed by atoms with Crippen molar-refractivity contribution < 1.29 is 27.0 Å². The second-order valence-electron chi connectivity index (χ2n) is 4.89. The van der Waals surface area contributed by atoms with Gasteiger partial charge in [-0.05, 0) is 18.6 Å². The van der Waals surface area contributed by atoms with Crippen molar-refractivity contribution in [3.63, 3.8) is 0 Å². The molecule has 1 aliphatic heterocycles. The Morgan fingerprint density at radius 1 is 1.20 bits per heavy atom. The van der Waals surface area contributed by atoms with Gasteiger partial charge in [0, 0.05) is 11.5 Å². The van der Waals surface area contributed by atoms with Gasteiger partial charge in [-0.3, -0.25) is 0 Å². The van der Waals surface area contributed by atoms with Crippen LogP contribution in [0, 0.1) is 11.7 Å². The van der Waals surface area contributed by atoms with Crippen LogP contribution in [0.4, 0.5) is 17.6 Å². The van der Waals surface area contributed by atoms with Crippen LogP contribution >= 0.6 is 0 Å². The number of hydrogen-bond acceptors (Lipinski definition) is 2. The smallest absolute Gasteiger partial charge is 0.348 e. The monoisotopic (exact) mass is 292 g/mol. The first-order chi connectivity index (χ1) is 9.41. The summed E-state index contributed by atoms with van der Waals surface area (Å²) >= 11 is 0. The van der Waals surface area contributed by atoms with E-state index < -0.39 is 23.8 Å². The van der Waals surface area contributed by atoms with Crippen molar-refractivity contribution in [2.24, 2.45) is 5.92 Å². The van der Waals surface area contributed by atoms with Crippen LogP contribution in [0.25, 0.3) is 0 Å². The molecule has 20 heavy (non-hydrogen) atoms. The predicted molar refractivity (Wildman–Crippen MR) is 64.4 cm³/mol. The van der Waals surface area contributed by atoms with E-state index >= 15 is 0 Å². The summed E-state index contributed by atoms with van der Waals surface area (Å²) in [7, 11) is 0. The SMILES string of the molecule is CCCC1COC(c2ccc(C(F)(F)F)c(F)c2)OC1. The molecule has 112 valence electrons. The quantitative estimate of drug-likeness (QED) is 0.773. The van der Waals surface area contributed by atoms with Gasteiger partial charge in [-0.2, -0.15) is 13.2 Å². The predicted octanol–water partition coefficient (Wildman–Crippen LogP) is 4.31. The Morgan fingerprint density at radius 3 is 2.35 bits per heavy atom. The molecule has 1 aliphatic rings. The van der Waals surface area contributed by atoms with Crippen LogP contribution in [0.2, 0.25) is 0 Å². The normalized spacial score (nSPS) is 23.9. The number of halogens is 4. The number of hydrogen-bond donors (Lipinski definition) is 0. The minimum Gasteiger partial charge on any atom is -0.348 e. The third-order valence-corrected chi connectivity index (χ3v) is 3.23. The Balaban J connectivity index is 2.06. The lowest BCUT2D eigenvalue weighted by molar-refractivity contribution is -0.206. The van der Waals surface area contributed by atoms with Crippen LogP contribution < -0.4 is 0 Å². The summed E-state index contributed by atoms with van der Waals surface area (Å²) in [5, 5.41) is 0. The molecule has 6 heteroatoms. The van der Waals surface area contributed by atoms with Gasteiger partial charge < -0.3 is 9.47 Å². The molecule has 0 bridgehead atoms. The molecule has 0 unspecified atom stereocenters. The maximum absolute atomic E-state index is 13.5. The van der Waals surface area contributed by atoms with Crippen molar-refractivity contribution in [1.82, 2.24) is 0 Å². The van der Waals surface area contributed by atoms with Gasteiger partial charge in [0.05, 0.1) is 18.8 Å². The molecule has 0 spiro atoms. The molecule has 0 saturated carbocycles. The molecule has 2 nitrogen and oxygen atoms in total. The Morgan fingerprint density at radius 2 is 1.85 bits per heavy atom. The number of rotatable bonds is 3. The first-order valence-corrected chi connectivity index (χ1v) is 6.51. The van der Waals surface area contributed by atoms with Crippen molar-refractivity contribution in [3.8, 4) is 0 Å². The van der Waals surface area contributed by atoms with E-state index in [9.17, 15) is 17.6 Å². The third kappa shape index (κ3) is 3.49. The lowest BCUT2D eigenvalue weighted by atomic mass is 10.0. The highest BCUT2D eigenvalue weighted by Gasteiger charge is 2.34. The molecule has 0 amide bonds. The highest BCUT2D eigenvalue weighted by atomic mass is 19.4. The molecule has 0 aromatic heterocycles. The standard InChI is InChI=1S/C14H16F4O2/c1-2-3-9-7-19-13(20-8-9)10-4-5-11(12(15)6-10)14(16,17)18/h4-6,9,13H,2-3,7-8H2,1H3. The van der Waals surface area contributed by atoms with Gasteiger partial charge in [-0.25, -0.2) is 4.39 Å². The summed E-state index contributed by atoms with van der Waals surface area (Å²) in [6, 6.07) is 2.74. The Hall–Kier alpha value is -1.14. The lowest BCUT2D eigenvalue weighted by Crippen LogP contribution is -2.27. The van der Waals surface area contributed by atoms with Crippen molar-refractivity contribution in [3.05, 3.63) is 35.1 Å². The summed E-state index contributed by atoms with van der Waals surface area (Å²) in [4.78, 5) is 0. The molecule has 1 aromatic rings. The van der Waals surface area contributed by atoms with Crippen LogP contribution in [0.15, 0.2) is 18.2 Å². The third-order valence-electron chi connectivity index (χ3n) is 3.23. The Labute approximate surface area is 114 Å². The number of benzene rings is 1. The van der Waals surface area contributed by atoms with Gasteiger partial charge in [0.1, 0.15) is 5.82 Å². The zero-order valence-electron chi connectivity index (χ0n) is 11.0. The van der Waals surface area contributed by atoms with E-state index in [2.05, 4.69) is 6.92 Å². The molecule has 0 atom stereocenters. The van der Waals surface area contributed by atoms with E-state index in [-0.39, 0.29) is 11.5 Å². The van der Waals surface area contributed by atoms with E-state index in [0.29, 0.717) is 13.2 Å². The molecule has 0 aliphatic carbocycles. The van der Waals surface area contributed by atoms with Crippen LogP contribution in [-0.2, 0) is 15.7 Å². The highest BCUT2D eigenvalue weighted by Crippen LogP contribution is 2.34. The van der Waals surface area contributed by atoms with Crippen LogP contribution in [0.3, 0.4) is 0 Å². The summed E-state index contributed by atoms with van der Waals surface area (Å²) in [6.07, 6.45) is -3.51. The second kappa shape index (κ2) is 6.10. The van der Waals surface area contributed by atoms with Crippen molar-refractivity contribution in [1.29, 1.82) is 0 Å². The number of ether oxygens (including phenoxy) is 2. The maximum atomic E-state index is 13.5. The van der Waals surface area contributed by atoms with Gasteiger partial charge in [-0.15, -0.1) is 0 Å². The summed E-state index contributed by atoms with van der Waals surface area (Å²) in [5.41, 5.74) is -1.01. The average Bonchev–Trinajstić information content (AvgIpc) is 2.38. The van der Waals surface area contributed by atoms with Crippen molar-refractivity contribution in [2.75, 3.05) is 13.2 Å². The Kier molecular flexibility index (Phi) is 4.65. The van der Waals surface area contributed by atoms with Crippen LogP contribution in [0.1, 0.15) is 37.2 Å². The molecule has 1 saturated heterocycles. The van der Waals surface area contributed by atoms with Gasteiger partial charge >= 0.3 is 6.18 Å². The summed E-state index contributed by atoms with van der Waals surface area (Å²) in [5.74, 6) is -1.02. The Bertz CT molecular complexity index is 451. The zero-order valence-corrected chi connectivity index (χ0v) is 11.0. The molecule has 1 heterocycles. The topological polar surface area (TPSA) is 18.5 Å². The lowest BCUT2D eigenvalue weighted by Gasteiger charge is -2.29. The van der Waals surface area contributed by atoms with Gasteiger partial charge in [-0.1, -0.05) is 19.4 Å². The molecule has 1 fully saturated rings. The maximum Gasteiger partial charge on any atom is 0.419 e. The minimum atomic E-state index is -4.69. The zero-order chi connectivity index (χ0) is 14.8. The van der Waals surface area contributed by atoms with Crippen LogP contribution in [-0.4, -0.2) is 13.2 Å². The van der Waals surface area contributed by atoms with Crippen LogP contribution in [0.5, 0.6) is 0 Å². The van der Waals surface area contributed by atoms with E-state index in [1.807, 2.05) is 0 Å². The molecular formula is C14H16F4O2. The molecular weight excluding hydrogens is 276 g/mol. The van der Waals surface area contributed by atoms with Crippen molar-refractivity contribution in [2.45, 2.75) is 32.2 Å². The van der Waals surface area contributed by atoms with Gasteiger partial charge in [0.25, 0.3) is 0 Å². The minimum absolute atomic E-state index is 0.269. The van der Waals surface area contributed by atoms with Gasteiger partial charge in [0.15, 0.2) is 6.29 Å². The summed E-state index contributed by atoms with van der Waals surface area (Å²) < 4.78 is 61.7. The first-order valence-electron chi connectivity index (χ1n) is 6.51. The molecule has 2 rings (SSSR count). The van der Waals surface area contributed by atoms with E-state index in [4.69, 9.17) is 9.47 Å². The fourth-order valence-corrected chi connectivity index (χ4v) is 2.22. The van der Waals surface area contributed by atoms with E-state index in [1.165, 1.54) is 6.07 Å². The summed E-state index contributed by atoms with van der Waals surface area (Å²) in [6.45, 7) is 3.00. The molecule has 1 aromatic carbocycles. The second-order valence-corrected chi connectivity index (χ2v) is 4.89. The van der Waals surface area contributed by atoms with E-state index in [0.717, 1.165) is 25.0 Å². The largest absolute Gasteiger partial charge is 0.419 e. The average molecular weight is 292 g/mol. The number of alkyl halides is 3. The molecule has 0 radical (unpaired) electrons. The first kappa shape index (κ1) is 15.3.